The Morgan fingerprint density at radius 3 is 2.97 bits per heavy atom. The van der Waals surface area contributed by atoms with Crippen LogP contribution in [0.1, 0.15) is 12.0 Å². The number of thiocarbonyl (C=S) groups is 1. The molecule has 1 aromatic heterocycles. The van der Waals surface area contributed by atoms with Crippen LogP contribution in [0.2, 0.25) is 0 Å². The number of thioether (sulfide) groups is 1. The first kappa shape index (κ1) is 20.0. The van der Waals surface area contributed by atoms with E-state index >= 15 is 0 Å². The molecule has 30 heavy (non-hydrogen) atoms. The molecule has 4 rings (SSSR count). The van der Waals surface area contributed by atoms with Gasteiger partial charge in [0.25, 0.3) is 5.91 Å². The molecule has 1 aliphatic heterocycles. The monoisotopic (exact) mass is 440 g/mol. The molecular formula is C20H16N4O4S2. The van der Waals surface area contributed by atoms with Crippen molar-refractivity contribution in [3.63, 3.8) is 0 Å². The Balaban J connectivity index is 1.40. The van der Waals surface area contributed by atoms with E-state index in [0.29, 0.717) is 31.7 Å². The second-order valence-electron chi connectivity index (χ2n) is 6.35. The van der Waals surface area contributed by atoms with Gasteiger partial charge in [-0.2, -0.15) is 0 Å². The second kappa shape index (κ2) is 8.64. The first-order valence-corrected chi connectivity index (χ1v) is 10.2. The number of carbonyl (C=O) groups is 2. The van der Waals surface area contributed by atoms with Crippen LogP contribution in [0.4, 0.5) is 5.69 Å². The summed E-state index contributed by atoms with van der Waals surface area (Å²) in [5, 5.41) is 10.3. The van der Waals surface area contributed by atoms with Crippen LogP contribution >= 0.6 is 24.0 Å². The minimum absolute atomic E-state index is 0.0839. The predicted molar refractivity (Wildman–Crippen MR) is 118 cm³/mol. The quantitative estimate of drug-likeness (QED) is 0.460. The average Bonchev–Trinajstić information content (AvgIpc) is 3.32. The number of aromatic nitrogens is 2. The molecule has 0 spiro atoms. The average molecular weight is 441 g/mol. The maximum atomic E-state index is 12.7. The molecular weight excluding hydrogens is 424 g/mol. The van der Waals surface area contributed by atoms with E-state index in [0.717, 1.165) is 5.56 Å². The van der Waals surface area contributed by atoms with Gasteiger partial charge in [-0.25, -0.2) is 4.63 Å². The van der Waals surface area contributed by atoms with Gasteiger partial charge in [-0.3, -0.25) is 14.5 Å². The summed E-state index contributed by atoms with van der Waals surface area (Å²) in [6.45, 7) is 0.180. The summed E-state index contributed by atoms with van der Waals surface area (Å²) in [4.78, 5) is 27.1. The highest BCUT2D eigenvalue weighted by atomic mass is 32.2. The molecule has 10 heteroatoms. The van der Waals surface area contributed by atoms with Crippen molar-refractivity contribution < 1.29 is 19.0 Å². The number of methoxy groups -OCH3 is 1. The minimum atomic E-state index is -0.267. The van der Waals surface area contributed by atoms with E-state index in [2.05, 4.69) is 15.6 Å². The van der Waals surface area contributed by atoms with E-state index < -0.39 is 0 Å². The van der Waals surface area contributed by atoms with Crippen molar-refractivity contribution in [2.24, 2.45) is 0 Å². The lowest BCUT2D eigenvalue weighted by atomic mass is 10.2. The largest absolute Gasteiger partial charge is 0.497 e. The maximum absolute atomic E-state index is 12.7. The fraction of sp³-hybridized carbons (Fsp3) is 0.150. The molecule has 1 fully saturated rings. The summed E-state index contributed by atoms with van der Waals surface area (Å²) in [5.74, 6) is 0.216. The maximum Gasteiger partial charge on any atom is 0.266 e. The van der Waals surface area contributed by atoms with E-state index in [1.807, 2.05) is 24.3 Å². The Bertz CT molecular complexity index is 1170. The van der Waals surface area contributed by atoms with Crippen LogP contribution < -0.4 is 10.1 Å². The molecule has 0 bridgehead atoms. The van der Waals surface area contributed by atoms with Gasteiger partial charge < -0.3 is 10.1 Å². The Labute approximate surface area is 181 Å². The van der Waals surface area contributed by atoms with E-state index in [-0.39, 0.29) is 24.8 Å². The topological polar surface area (TPSA) is 97.6 Å². The lowest BCUT2D eigenvalue weighted by Crippen LogP contribution is -2.31. The summed E-state index contributed by atoms with van der Waals surface area (Å²) in [7, 11) is 1.59. The highest BCUT2D eigenvalue weighted by Gasteiger charge is 2.32. The highest BCUT2D eigenvalue weighted by molar-refractivity contribution is 8.26. The second-order valence-corrected chi connectivity index (χ2v) is 8.02. The lowest BCUT2D eigenvalue weighted by Gasteiger charge is -2.14. The van der Waals surface area contributed by atoms with E-state index in [1.165, 1.54) is 16.7 Å². The predicted octanol–water partition coefficient (Wildman–Crippen LogP) is 3.46. The van der Waals surface area contributed by atoms with Crippen LogP contribution in [-0.2, 0) is 9.59 Å². The van der Waals surface area contributed by atoms with Gasteiger partial charge in [-0.1, -0.05) is 42.2 Å². The zero-order valence-corrected chi connectivity index (χ0v) is 17.5. The zero-order valence-electron chi connectivity index (χ0n) is 15.8. The van der Waals surface area contributed by atoms with Crippen LogP contribution in [0.5, 0.6) is 5.75 Å². The number of amides is 2. The zero-order chi connectivity index (χ0) is 21.1. The molecule has 0 radical (unpaired) electrons. The summed E-state index contributed by atoms with van der Waals surface area (Å²) < 4.78 is 10.3. The van der Waals surface area contributed by atoms with Crippen molar-refractivity contribution in [3.8, 4) is 5.75 Å². The minimum Gasteiger partial charge on any atom is -0.497 e. The number of ether oxygens (including phenoxy) is 1. The number of nitrogens with zero attached hydrogens (tertiary/aromatic N) is 3. The number of rotatable bonds is 6. The van der Waals surface area contributed by atoms with Gasteiger partial charge >= 0.3 is 0 Å². The lowest BCUT2D eigenvalue weighted by molar-refractivity contribution is -0.122. The van der Waals surface area contributed by atoms with Gasteiger partial charge in [0, 0.05) is 13.0 Å². The summed E-state index contributed by atoms with van der Waals surface area (Å²) >= 11 is 6.55. The summed E-state index contributed by atoms with van der Waals surface area (Å²) in [6.07, 6.45) is 1.85. The number of hydrogen-bond acceptors (Lipinski definition) is 8. The van der Waals surface area contributed by atoms with Crippen molar-refractivity contribution >= 4 is 62.9 Å². The molecule has 0 atom stereocenters. The number of nitrogens with one attached hydrogen (secondary N) is 1. The van der Waals surface area contributed by atoms with Crippen LogP contribution in [0.25, 0.3) is 17.1 Å². The third kappa shape index (κ3) is 4.19. The van der Waals surface area contributed by atoms with Gasteiger partial charge in [0.05, 0.1) is 17.7 Å². The van der Waals surface area contributed by atoms with Gasteiger partial charge in [0.2, 0.25) is 5.91 Å². The van der Waals surface area contributed by atoms with Crippen LogP contribution in [-0.4, -0.2) is 45.0 Å². The SMILES string of the molecule is COc1cccc(/C=C2\SC(=S)N(CCC(=O)Nc3cccc4nonc34)C2=O)c1. The summed E-state index contributed by atoms with van der Waals surface area (Å²) in [5.41, 5.74) is 2.36. The molecule has 2 heterocycles. The number of benzene rings is 2. The number of carbonyl (C=O) groups excluding carboxylic acids is 2. The van der Waals surface area contributed by atoms with Crippen molar-refractivity contribution in [1.29, 1.82) is 0 Å². The van der Waals surface area contributed by atoms with Crippen molar-refractivity contribution in [3.05, 3.63) is 52.9 Å². The Hall–Kier alpha value is -3.24. The van der Waals surface area contributed by atoms with Crippen molar-refractivity contribution in [2.45, 2.75) is 6.42 Å². The smallest absolute Gasteiger partial charge is 0.266 e. The molecule has 2 amide bonds. The van der Waals surface area contributed by atoms with Crippen molar-refractivity contribution in [1.82, 2.24) is 15.2 Å². The Morgan fingerprint density at radius 1 is 1.30 bits per heavy atom. The molecule has 1 saturated heterocycles. The highest BCUT2D eigenvalue weighted by Crippen LogP contribution is 2.33. The number of anilines is 1. The fourth-order valence-electron chi connectivity index (χ4n) is 2.91. The first-order chi connectivity index (χ1) is 14.5. The molecule has 0 aliphatic carbocycles. The van der Waals surface area contributed by atoms with Gasteiger partial charge in [-0.05, 0) is 46.2 Å². The molecule has 1 N–H and O–H groups in total. The van der Waals surface area contributed by atoms with E-state index in [4.69, 9.17) is 21.6 Å². The molecule has 3 aromatic rings. The van der Waals surface area contributed by atoms with Crippen molar-refractivity contribution in [2.75, 3.05) is 19.0 Å². The van der Waals surface area contributed by atoms with Crippen LogP contribution in [0, 0.1) is 0 Å². The molecule has 8 nitrogen and oxygen atoms in total. The van der Waals surface area contributed by atoms with Gasteiger partial charge in [-0.15, -0.1) is 0 Å². The van der Waals surface area contributed by atoms with Gasteiger partial charge in [0.1, 0.15) is 15.6 Å². The first-order valence-electron chi connectivity index (χ1n) is 8.96. The van der Waals surface area contributed by atoms with Crippen LogP contribution in [0.15, 0.2) is 52.0 Å². The molecule has 2 aromatic carbocycles. The Kier molecular flexibility index (Phi) is 5.77. The Morgan fingerprint density at radius 2 is 2.13 bits per heavy atom. The van der Waals surface area contributed by atoms with E-state index in [1.54, 1.807) is 31.4 Å². The normalized spacial score (nSPS) is 15.2. The number of fused-ring (bicyclic) bond motifs is 1. The van der Waals surface area contributed by atoms with Gasteiger partial charge in [0.15, 0.2) is 5.52 Å². The summed E-state index contributed by atoms with van der Waals surface area (Å²) in [6, 6.07) is 12.6. The standard InChI is InChI=1S/C20H16N4O4S2/c1-27-13-5-2-4-12(10-13)11-16-19(26)24(20(29)30-16)9-8-17(25)21-14-6-3-7-15-18(14)23-28-22-15/h2-7,10-11H,8-9H2,1H3,(H,21,25)/b16-11-. The molecule has 1 aliphatic rings. The molecule has 152 valence electrons. The van der Waals surface area contributed by atoms with E-state index in [9.17, 15) is 9.59 Å². The fourth-order valence-corrected chi connectivity index (χ4v) is 4.22. The molecule has 0 saturated carbocycles. The number of hydrogen-bond donors (Lipinski definition) is 1. The third-order valence-electron chi connectivity index (χ3n) is 4.39. The van der Waals surface area contributed by atoms with Crippen LogP contribution in [0.3, 0.4) is 0 Å². The molecule has 0 unspecified atom stereocenters. The third-order valence-corrected chi connectivity index (χ3v) is 5.77.